The second-order valence-corrected chi connectivity index (χ2v) is 5.81. The van der Waals surface area contributed by atoms with Crippen molar-refractivity contribution in [1.82, 2.24) is 5.32 Å². The number of ketones is 1. The number of nitrogens with one attached hydrogen (secondary N) is 1. The predicted molar refractivity (Wildman–Crippen MR) is 69.0 cm³/mol. The summed E-state index contributed by atoms with van der Waals surface area (Å²) in [5.41, 5.74) is 2.02. The molecule has 1 aliphatic rings. The van der Waals surface area contributed by atoms with Gasteiger partial charge >= 0.3 is 0 Å². The number of fused-ring (bicyclic) bond motifs is 1. The lowest BCUT2D eigenvalue weighted by atomic mass is 9.70. The van der Waals surface area contributed by atoms with E-state index in [0.29, 0.717) is 0 Å². The maximum atomic E-state index is 12.2. The van der Waals surface area contributed by atoms with Crippen LogP contribution in [0.1, 0.15) is 36.2 Å². The second kappa shape index (κ2) is 3.97. The van der Waals surface area contributed by atoms with E-state index in [9.17, 15) is 4.79 Å². The molecule has 86 valence electrons. The zero-order chi connectivity index (χ0) is 11.9. The molecule has 1 N–H and O–H groups in total. The number of hydrogen-bond acceptors (Lipinski definition) is 2. The van der Waals surface area contributed by atoms with E-state index in [1.807, 2.05) is 25.2 Å². The third-order valence-electron chi connectivity index (χ3n) is 3.34. The minimum absolute atomic E-state index is 0.0248. The van der Waals surface area contributed by atoms with E-state index in [4.69, 9.17) is 0 Å². The molecule has 16 heavy (non-hydrogen) atoms. The highest BCUT2D eigenvalue weighted by atomic mass is 79.9. The molecule has 0 aliphatic heterocycles. The van der Waals surface area contributed by atoms with Crippen LogP contribution in [-0.4, -0.2) is 18.9 Å². The lowest BCUT2D eigenvalue weighted by molar-refractivity contribution is 0.0910. The summed E-state index contributed by atoms with van der Waals surface area (Å²) >= 11 is 3.55. The summed E-state index contributed by atoms with van der Waals surface area (Å²) in [6, 6.07) is 5.80. The predicted octanol–water partition coefficient (Wildman–Crippen LogP) is 2.90. The van der Waals surface area contributed by atoms with Crippen LogP contribution in [0.3, 0.4) is 0 Å². The first-order valence-electron chi connectivity index (χ1n) is 5.48. The van der Waals surface area contributed by atoms with E-state index in [2.05, 4.69) is 35.1 Å². The van der Waals surface area contributed by atoms with Crippen molar-refractivity contribution in [3.63, 3.8) is 0 Å². The van der Waals surface area contributed by atoms with Crippen LogP contribution >= 0.6 is 15.9 Å². The fraction of sp³-hybridized carbons (Fsp3) is 0.462. The molecule has 0 amide bonds. The summed E-state index contributed by atoms with van der Waals surface area (Å²) in [4.78, 5) is 12.2. The first kappa shape index (κ1) is 11.8. The van der Waals surface area contributed by atoms with Crippen molar-refractivity contribution < 1.29 is 4.79 Å². The van der Waals surface area contributed by atoms with Gasteiger partial charge in [-0.2, -0.15) is 0 Å². The maximum absolute atomic E-state index is 12.2. The molecule has 0 radical (unpaired) electrons. The van der Waals surface area contributed by atoms with Crippen LogP contribution in [0.4, 0.5) is 0 Å². The number of carbonyl (C=O) groups excluding carboxylic acids is 1. The van der Waals surface area contributed by atoms with Crippen LogP contribution in [0.2, 0.25) is 0 Å². The molecular weight excluding hydrogens is 266 g/mol. The van der Waals surface area contributed by atoms with Gasteiger partial charge in [0, 0.05) is 10.0 Å². The molecule has 1 unspecified atom stereocenters. The summed E-state index contributed by atoms with van der Waals surface area (Å²) in [7, 11) is 1.85. The summed E-state index contributed by atoms with van der Waals surface area (Å²) in [6.45, 7) is 4.38. The molecule has 1 aromatic carbocycles. The first-order valence-corrected chi connectivity index (χ1v) is 6.27. The van der Waals surface area contributed by atoms with Gasteiger partial charge in [0.05, 0.1) is 6.04 Å². The minimum atomic E-state index is -0.0585. The number of benzene rings is 1. The summed E-state index contributed by atoms with van der Waals surface area (Å²) in [5, 5.41) is 3.10. The maximum Gasteiger partial charge on any atom is 0.180 e. The quantitative estimate of drug-likeness (QED) is 0.858. The van der Waals surface area contributed by atoms with Crippen LogP contribution in [-0.2, 0) is 5.41 Å². The molecule has 0 aromatic heterocycles. The highest BCUT2D eigenvalue weighted by molar-refractivity contribution is 9.10. The van der Waals surface area contributed by atoms with Crippen molar-refractivity contribution in [2.45, 2.75) is 31.7 Å². The average molecular weight is 282 g/mol. The topological polar surface area (TPSA) is 29.1 Å². The van der Waals surface area contributed by atoms with Crippen molar-refractivity contribution in [2.75, 3.05) is 7.05 Å². The van der Waals surface area contributed by atoms with E-state index in [-0.39, 0.29) is 17.2 Å². The fourth-order valence-electron chi connectivity index (χ4n) is 2.54. The normalized spacial score (nSPS) is 23.0. The molecular formula is C13H16BrNO. The largest absolute Gasteiger partial charge is 0.310 e. The smallest absolute Gasteiger partial charge is 0.180 e. The van der Waals surface area contributed by atoms with Gasteiger partial charge in [0.25, 0.3) is 0 Å². The lowest BCUT2D eigenvalue weighted by Crippen LogP contribution is -2.44. The Hall–Kier alpha value is -0.670. The first-order chi connectivity index (χ1) is 7.47. The van der Waals surface area contributed by atoms with Gasteiger partial charge in [0.1, 0.15) is 0 Å². The highest BCUT2D eigenvalue weighted by Crippen LogP contribution is 2.40. The fourth-order valence-corrected chi connectivity index (χ4v) is 3.45. The number of carbonyl (C=O) groups is 1. The molecule has 0 bridgehead atoms. The highest BCUT2D eigenvalue weighted by Gasteiger charge is 2.38. The van der Waals surface area contributed by atoms with Crippen molar-refractivity contribution in [3.8, 4) is 0 Å². The van der Waals surface area contributed by atoms with Gasteiger partial charge in [-0.05, 0) is 30.5 Å². The lowest BCUT2D eigenvalue weighted by Gasteiger charge is -2.37. The van der Waals surface area contributed by atoms with Crippen LogP contribution in [0.5, 0.6) is 0 Å². The Kier molecular flexibility index (Phi) is 2.93. The van der Waals surface area contributed by atoms with Crippen LogP contribution < -0.4 is 5.32 Å². The van der Waals surface area contributed by atoms with Gasteiger partial charge in [-0.3, -0.25) is 4.79 Å². The van der Waals surface area contributed by atoms with E-state index in [1.165, 1.54) is 0 Å². The van der Waals surface area contributed by atoms with Gasteiger partial charge in [-0.15, -0.1) is 0 Å². The Labute approximate surface area is 105 Å². The van der Waals surface area contributed by atoms with Crippen LogP contribution in [0.15, 0.2) is 22.7 Å². The molecule has 3 heteroatoms. The van der Waals surface area contributed by atoms with Crippen molar-refractivity contribution in [3.05, 3.63) is 33.8 Å². The number of likely N-dealkylation sites (N-methyl/N-ethyl adjacent to an activating group) is 1. The molecule has 0 saturated heterocycles. The molecule has 1 atom stereocenters. The third-order valence-corrected chi connectivity index (χ3v) is 4.00. The number of rotatable bonds is 1. The molecule has 1 aliphatic carbocycles. The molecule has 0 saturated carbocycles. The summed E-state index contributed by atoms with van der Waals surface area (Å²) < 4.78 is 1.04. The van der Waals surface area contributed by atoms with Gasteiger partial charge in [-0.25, -0.2) is 0 Å². The number of hydrogen-bond donors (Lipinski definition) is 1. The standard InChI is InChI=1S/C13H16BrNO/c1-13(2)7-10(15-3)12(16)8-5-4-6-9(14)11(8)13/h4-6,10,15H,7H2,1-3H3. The SMILES string of the molecule is CNC1CC(C)(C)c2c(Br)cccc2C1=O. The zero-order valence-electron chi connectivity index (χ0n) is 9.80. The Morgan fingerprint density at radius 2 is 2.12 bits per heavy atom. The average Bonchev–Trinajstić information content (AvgIpc) is 2.23. The van der Waals surface area contributed by atoms with Gasteiger partial charge in [0.2, 0.25) is 0 Å². The number of Topliss-reactive ketones (excluding diaryl/α,β-unsaturated/α-hetero) is 1. The Balaban J connectivity index is 2.63. The zero-order valence-corrected chi connectivity index (χ0v) is 11.4. The summed E-state index contributed by atoms with van der Waals surface area (Å²) in [5.74, 6) is 0.207. The Morgan fingerprint density at radius 1 is 1.44 bits per heavy atom. The van der Waals surface area contributed by atoms with Crippen LogP contribution in [0.25, 0.3) is 0 Å². The van der Waals surface area contributed by atoms with Crippen molar-refractivity contribution in [1.29, 1.82) is 0 Å². The summed E-state index contributed by atoms with van der Waals surface area (Å²) in [6.07, 6.45) is 0.845. The van der Waals surface area contributed by atoms with E-state index < -0.39 is 0 Å². The van der Waals surface area contributed by atoms with E-state index in [1.54, 1.807) is 0 Å². The molecule has 0 heterocycles. The molecule has 2 rings (SSSR count). The van der Waals surface area contributed by atoms with Gasteiger partial charge < -0.3 is 5.32 Å². The molecule has 1 aromatic rings. The van der Waals surface area contributed by atoms with Crippen LogP contribution in [0, 0.1) is 0 Å². The number of halogens is 1. The van der Waals surface area contributed by atoms with E-state index in [0.717, 1.165) is 22.0 Å². The Bertz CT molecular complexity index is 440. The van der Waals surface area contributed by atoms with Gasteiger partial charge in [-0.1, -0.05) is 41.9 Å². The third kappa shape index (κ3) is 1.72. The van der Waals surface area contributed by atoms with Crippen molar-refractivity contribution in [2.24, 2.45) is 0 Å². The monoisotopic (exact) mass is 281 g/mol. The van der Waals surface area contributed by atoms with E-state index >= 15 is 0 Å². The Morgan fingerprint density at radius 3 is 2.75 bits per heavy atom. The molecule has 2 nitrogen and oxygen atoms in total. The van der Waals surface area contributed by atoms with Crippen molar-refractivity contribution >= 4 is 21.7 Å². The van der Waals surface area contributed by atoms with Gasteiger partial charge in [0.15, 0.2) is 5.78 Å². The second-order valence-electron chi connectivity index (χ2n) is 4.96. The molecule has 0 fully saturated rings. The molecule has 0 spiro atoms. The minimum Gasteiger partial charge on any atom is -0.310 e.